The van der Waals surface area contributed by atoms with Crippen molar-refractivity contribution < 1.29 is 31.1 Å². The van der Waals surface area contributed by atoms with E-state index in [1.165, 1.54) is 13.4 Å². The van der Waals surface area contributed by atoms with Gasteiger partial charge in [-0.15, -0.1) is 0 Å². The summed E-state index contributed by atoms with van der Waals surface area (Å²) in [7, 11) is -1.64. The summed E-state index contributed by atoms with van der Waals surface area (Å²) < 4.78 is 69.9. The second-order valence-corrected chi connectivity index (χ2v) is 12.8. The number of amides is 1. The molecular weight excluding hydrogens is 543 g/mol. The van der Waals surface area contributed by atoms with Gasteiger partial charge in [0.2, 0.25) is 0 Å². The summed E-state index contributed by atoms with van der Waals surface area (Å²) in [6.45, 7) is 3.94. The number of aryl methyl sites for hydroxylation is 1. The maximum absolute atomic E-state index is 13.1. The average Bonchev–Trinajstić information content (AvgIpc) is 3.17. The van der Waals surface area contributed by atoms with E-state index < -0.39 is 27.8 Å². The molecule has 1 aliphatic carbocycles. The number of ether oxygens (including phenoxy) is 1. The van der Waals surface area contributed by atoms with E-state index in [0.29, 0.717) is 67.8 Å². The minimum atomic E-state index is -4.30. The summed E-state index contributed by atoms with van der Waals surface area (Å²) in [5, 5.41) is 7.14. The Morgan fingerprint density at radius 3 is 2.47 bits per heavy atom. The van der Waals surface area contributed by atoms with Gasteiger partial charge in [0.05, 0.1) is 29.0 Å². The van der Waals surface area contributed by atoms with Gasteiger partial charge in [0, 0.05) is 24.9 Å². The Kier molecular flexibility index (Phi) is 9.78. The fourth-order valence-corrected chi connectivity index (χ4v) is 6.28. The molecule has 1 atom stereocenters. The molecule has 7 nitrogen and oxygen atoms in total. The predicted molar refractivity (Wildman–Crippen MR) is 141 cm³/mol. The molecule has 3 rings (SSSR count). The molecular formula is C26H35ClF3N3O4S. The lowest BCUT2D eigenvalue weighted by Gasteiger charge is -2.27. The van der Waals surface area contributed by atoms with Crippen LogP contribution in [0.3, 0.4) is 0 Å². The van der Waals surface area contributed by atoms with Gasteiger partial charge in [-0.2, -0.15) is 18.3 Å². The molecule has 1 aromatic heterocycles. The molecule has 12 heteroatoms. The zero-order chi connectivity index (χ0) is 28.3. The molecule has 2 aromatic rings. The number of halogens is 4. The topological polar surface area (TPSA) is 90.3 Å². The molecule has 1 aromatic carbocycles. The van der Waals surface area contributed by atoms with E-state index in [2.05, 4.69) is 10.4 Å². The van der Waals surface area contributed by atoms with Gasteiger partial charge in [0.25, 0.3) is 5.91 Å². The summed E-state index contributed by atoms with van der Waals surface area (Å²) in [6.07, 6.45) is 0.0399. The average molecular weight is 578 g/mol. The highest BCUT2D eigenvalue weighted by atomic mass is 35.5. The van der Waals surface area contributed by atoms with Crippen molar-refractivity contribution in [2.24, 2.45) is 11.8 Å². The summed E-state index contributed by atoms with van der Waals surface area (Å²) in [6, 6.07) is 4.81. The number of carbonyl (C=O) groups excluding carboxylic acids is 1. The molecule has 0 spiro atoms. The molecule has 0 radical (unpaired) electrons. The van der Waals surface area contributed by atoms with Crippen molar-refractivity contribution in [2.45, 2.75) is 70.3 Å². The first-order valence-corrected chi connectivity index (χ1v) is 15.1. The number of rotatable bonds is 10. The molecule has 1 fully saturated rings. The minimum Gasteiger partial charge on any atom is -0.496 e. The van der Waals surface area contributed by atoms with Crippen LogP contribution in [0.4, 0.5) is 13.2 Å². The largest absolute Gasteiger partial charge is 0.496 e. The van der Waals surface area contributed by atoms with Crippen LogP contribution in [0.1, 0.15) is 62.0 Å². The van der Waals surface area contributed by atoms with E-state index in [9.17, 15) is 26.4 Å². The van der Waals surface area contributed by atoms with Crippen LogP contribution < -0.4 is 10.1 Å². The number of sulfone groups is 1. The highest BCUT2D eigenvalue weighted by Gasteiger charge is 2.36. The van der Waals surface area contributed by atoms with Crippen molar-refractivity contribution in [3.63, 3.8) is 0 Å². The van der Waals surface area contributed by atoms with Crippen molar-refractivity contribution in [2.75, 3.05) is 19.9 Å². The van der Waals surface area contributed by atoms with E-state index >= 15 is 0 Å². The van der Waals surface area contributed by atoms with E-state index in [4.69, 9.17) is 16.3 Å². The van der Waals surface area contributed by atoms with Gasteiger partial charge in [0.15, 0.2) is 5.69 Å². The third-order valence-corrected chi connectivity index (χ3v) is 9.16. The lowest BCUT2D eigenvalue weighted by Crippen LogP contribution is -2.34. The van der Waals surface area contributed by atoms with Crippen LogP contribution in [0.25, 0.3) is 11.3 Å². The van der Waals surface area contributed by atoms with Crippen LogP contribution in [-0.2, 0) is 22.8 Å². The standard InChI is InChI=1S/C26H35ClF3N3O4S/c1-5-12-33-24(20-11-8-18(14-21(20)37-3)13-16(2)26(28,29)30)22(27)23(32-33)25(34)31-15-17-6-9-19(10-7-17)38(4,35)36/h8,11,14,16-17,19H,5-7,9-10,12-13,15H2,1-4H3,(H,31,34)/t16-,17-,19-/m1/s1. The SMILES string of the molecule is CCCn1nc(C(=O)NC[C@H]2CC[C@H](S(C)(=O)=O)CC2)c(Cl)c1-c1ccc(C[C@@H](C)C(F)(F)F)cc1OC. The van der Waals surface area contributed by atoms with Crippen molar-refractivity contribution in [3.05, 3.63) is 34.5 Å². The Bertz CT molecular complexity index is 1240. The van der Waals surface area contributed by atoms with Gasteiger partial charge in [-0.05, 0) is 62.1 Å². The molecule has 0 bridgehead atoms. The molecule has 212 valence electrons. The van der Waals surface area contributed by atoms with Crippen molar-refractivity contribution in [3.8, 4) is 17.0 Å². The molecule has 0 saturated heterocycles. The second-order valence-electron chi connectivity index (χ2n) is 10.1. The molecule has 1 aliphatic rings. The fraction of sp³-hybridized carbons (Fsp3) is 0.615. The molecule has 1 amide bonds. The zero-order valence-corrected chi connectivity index (χ0v) is 23.6. The molecule has 1 N–H and O–H groups in total. The third-order valence-electron chi connectivity index (χ3n) is 7.12. The monoisotopic (exact) mass is 577 g/mol. The number of hydrogen-bond acceptors (Lipinski definition) is 5. The number of methoxy groups -OCH3 is 1. The van der Waals surface area contributed by atoms with Gasteiger partial charge in [-0.1, -0.05) is 31.5 Å². The fourth-order valence-electron chi connectivity index (χ4n) is 4.83. The van der Waals surface area contributed by atoms with Crippen molar-refractivity contribution in [1.82, 2.24) is 15.1 Å². The molecule has 0 unspecified atom stereocenters. The smallest absolute Gasteiger partial charge is 0.391 e. The number of alkyl halides is 3. The number of benzene rings is 1. The van der Waals surface area contributed by atoms with Gasteiger partial charge in [-0.25, -0.2) is 8.42 Å². The maximum Gasteiger partial charge on any atom is 0.391 e. The second kappa shape index (κ2) is 12.3. The number of carbonyl (C=O) groups is 1. The first-order chi connectivity index (χ1) is 17.8. The van der Waals surface area contributed by atoms with Crippen molar-refractivity contribution >= 4 is 27.3 Å². The van der Waals surface area contributed by atoms with E-state index in [0.717, 1.165) is 6.92 Å². The molecule has 38 heavy (non-hydrogen) atoms. The highest BCUT2D eigenvalue weighted by Crippen LogP contribution is 2.39. The van der Waals surface area contributed by atoms with Crippen LogP contribution in [0, 0.1) is 11.8 Å². The third kappa shape index (κ3) is 7.22. The first-order valence-electron chi connectivity index (χ1n) is 12.7. The lowest BCUT2D eigenvalue weighted by molar-refractivity contribution is -0.169. The highest BCUT2D eigenvalue weighted by molar-refractivity contribution is 7.91. The van der Waals surface area contributed by atoms with Gasteiger partial charge < -0.3 is 10.1 Å². The predicted octanol–water partition coefficient (Wildman–Crippen LogP) is 5.70. The van der Waals surface area contributed by atoms with Crippen molar-refractivity contribution in [1.29, 1.82) is 0 Å². The Morgan fingerprint density at radius 2 is 1.92 bits per heavy atom. The summed E-state index contributed by atoms with van der Waals surface area (Å²) in [5.74, 6) is -1.44. The Balaban J connectivity index is 1.81. The number of nitrogens with one attached hydrogen (secondary N) is 1. The van der Waals surface area contributed by atoms with Gasteiger partial charge >= 0.3 is 6.18 Å². The van der Waals surface area contributed by atoms with E-state index in [1.54, 1.807) is 22.9 Å². The van der Waals surface area contributed by atoms with Crippen LogP contribution in [0.2, 0.25) is 5.02 Å². The first kappa shape index (κ1) is 30.3. The quantitative estimate of drug-likeness (QED) is 0.391. The van der Waals surface area contributed by atoms with Crippen LogP contribution in [0.15, 0.2) is 18.2 Å². The van der Waals surface area contributed by atoms with Crippen LogP contribution in [-0.4, -0.2) is 55.4 Å². The lowest BCUT2D eigenvalue weighted by atomic mass is 9.89. The number of nitrogens with zero attached hydrogens (tertiary/aromatic N) is 2. The normalized spacial score (nSPS) is 19.3. The summed E-state index contributed by atoms with van der Waals surface area (Å²) in [4.78, 5) is 13.1. The van der Waals surface area contributed by atoms with Gasteiger partial charge in [-0.3, -0.25) is 9.48 Å². The van der Waals surface area contributed by atoms with E-state index in [1.807, 2.05) is 6.92 Å². The zero-order valence-electron chi connectivity index (χ0n) is 22.1. The van der Waals surface area contributed by atoms with E-state index in [-0.39, 0.29) is 28.3 Å². The maximum atomic E-state index is 13.1. The minimum absolute atomic E-state index is 0.0526. The van der Waals surface area contributed by atoms with Crippen LogP contribution in [0.5, 0.6) is 5.75 Å². The summed E-state index contributed by atoms with van der Waals surface area (Å²) >= 11 is 6.68. The molecule has 1 heterocycles. The molecule has 0 aliphatic heterocycles. The van der Waals surface area contributed by atoms with Gasteiger partial charge in [0.1, 0.15) is 15.6 Å². The number of aromatic nitrogens is 2. The van der Waals surface area contributed by atoms with Crippen LogP contribution >= 0.6 is 11.6 Å². The Labute approximate surface area is 227 Å². The summed E-state index contributed by atoms with van der Waals surface area (Å²) in [5.41, 5.74) is 1.51. The Morgan fingerprint density at radius 1 is 1.26 bits per heavy atom. The Hall–Kier alpha value is -2.27. The number of hydrogen-bond donors (Lipinski definition) is 1. The molecule has 1 saturated carbocycles.